The number of para-hydroxylation sites is 1. The van der Waals surface area contributed by atoms with E-state index in [0.717, 1.165) is 31.4 Å². The lowest BCUT2D eigenvalue weighted by molar-refractivity contribution is 0.0103. The van der Waals surface area contributed by atoms with Crippen LogP contribution in [0.3, 0.4) is 0 Å². The predicted octanol–water partition coefficient (Wildman–Crippen LogP) is 2.59. The van der Waals surface area contributed by atoms with Gasteiger partial charge in [-0.1, -0.05) is 24.3 Å². The Morgan fingerprint density at radius 3 is 2.91 bits per heavy atom. The Morgan fingerprint density at radius 2 is 2.14 bits per heavy atom. The number of aromatic nitrogens is 1. The minimum absolute atomic E-state index is 0. The maximum absolute atomic E-state index is 5.96. The Kier molecular flexibility index (Phi) is 6.15. The van der Waals surface area contributed by atoms with E-state index < -0.39 is 0 Å². The molecule has 4 nitrogen and oxygen atoms in total. The predicted molar refractivity (Wildman–Crippen MR) is 92.3 cm³/mol. The third-order valence-electron chi connectivity index (χ3n) is 4.48. The van der Waals surface area contributed by atoms with Crippen molar-refractivity contribution in [3.63, 3.8) is 0 Å². The number of benzene rings is 1. The Morgan fingerprint density at radius 1 is 1.32 bits per heavy atom. The highest BCUT2D eigenvalue weighted by atomic mass is 35.5. The third-order valence-corrected chi connectivity index (χ3v) is 4.48. The number of pyridine rings is 1. The summed E-state index contributed by atoms with van der Waals surface area (Å²) in [6.07, 6.45) is 4.31. The smallest absolute Gasteiger partial charge is 0.0746 e. The maximum atomic E-state index is 5.96. The molecule has 2 aromatic rings. The molecule has 5 heteroatoms. The summed E-state index contributed by atoms with van der Waals surface area (Å²) in [5.41, 5.74) is 8.35. The number of nitrogens with two attached hydrogens (primary N) is 1. The zero-order valence-corrected chi connectivity index (χ0v) is 13.8. The highest BCUT2D eigenvalue weighted by Gasteiger charge is 2.27. The average Bonchev–Trinajstić information content (AvgIpc) is 2.55. The average molecular weight is 322 g/mol. The first-order valence-electron chi connectivity index (χ1n) is 7.61. The van der Waals surface area contributed by atoms with Gasteiger partial charge in [0.05, 0.1) is 11.6 Å². The van der Waals surface area contributed by atoms with E-state index in [2.05, 4.69) is 34.1 Å². The van der Waals surface area contributed by atoms with E-state index in [9.17, 15) is 0 Å². The minimum Gasteiger partial charge on any atom is -0.381 e. The van der Waals surface area contributed by atoms with Crippen LogP contribution in [0.1, 0.15) is 18.4 Å². The van der Waals surface area contributed by atoms with Crippen LogP contribution in [0.25, 0.3) is 10.9 Å². The van der Waals surface area contributed by atoms with Crippen LogP contribution in [-0.4, -0.2) is 42.2 Å². The molecule has 0 aliphatic carbocycles. The lowest BCUT2D eigenvalue weighted by atomic mass is 9.98. The van der Waals surface area contributed by atoms with E-state index in [1.807, 2.05) is 12.3 Å². The molecule has 1 aromatic heterocycles. The summed E-state index contributed by atoms with van der Waals surface area (Å²) < 4.78 is 5.50. The first-order chi connectivity index (χ1) is 10.3. The van der Waals surface area contributed by atoms with Crippen LogP contribution in [0.4, 0.5) is 0 Å². The number of methoxy groups -OCH3 is 1. The summed E-state index contributed by atoms with van der Waals surface area (Å²) in [6.45, 7) is 2.62. The third kappa shape index (κ3) is 3.58. The Labute approximate surface area is 138 Å². The number of fused-ring (bicyclic) bond motifs is 1. The van der Waals surface area contributed by atoms with Gasteiger partial charge in [0.1, 0.15) is 0 Å². The second-order valence-corrected chi connectivity index (χ2v) is 5.73. The van der Waals surface area contributed by atoms with Crippen LogP contribution in [0, 0.1) is 0 Å². The van der Waals surface area contributed by atoms with E-state index in [1.165, 1.54) is 10.9 Å². The van der Waals surface area contributed by atoms with Gasteiger partial charge in [-0.25, -0.2) is 0 Å². The molecule has 0 saturated carbocycles. The first kappa shape index (κ1) is 17.2. The topological polar surface area (TPSA) is 51.4 Å². The fourth-order valence-electron chi connectivity index (χ4n) is 3.24. The van der Waals surface area contributed by atoms with Gasteiger partial charge in [-0.15, -0.1) is 12.4 Å². The van der Waals surface area contributed by atoms with Crippen LogP contribution in [0.15, 0.2) is 36.5 Å². The molecule has 2 N–H and O–H groups in total. The number of hydrogen-bond donors (Lipinski definition) is 1. The number of ether oxygens (including phenoxy) is 1. The van der Waals surface area contributed by atoms with Crippen molar-refractivity contribution in [2.75, 3.05) is 20.2 Å². The Hall–Kier alpha value is -1.20. The number of piperidine rings is 1. The van der Waals surface area contributed by atoms with Gasteiger partial charge in [0.25, 0.3) is 0 Å². The largest absolute Gasteiger partial charge is 0.381 e. The van der Waals surface area contributed by atoms with Crippen molar-refractivity contribution in [2.24, 2.45) is 5.73 Å². The SMILES string of the molecule is COC1CCN(Cc2cccc3cccnc23)C(CN)C1.Cl. The van der Waals surface area contributed by atoms with Crippen LogP contribution in [0.5, 0.6) is 0 Å². The summed E-state index contributed by atoms with van der Waals surface area (Å²) in [4.78, 5) is 7.02. The fourth-order valence-corrected chi connectivity index (χ4v) is 3.24. The summed E-state index contributed by atoms with van der Waals surface area (Å²) in [5, 5.41) is 1.20. The molecule has 0 spiro atoms. The zero-order valence-electron chi connectivity index (χ0n) is 12.9. The number of likely N-dealkylation sites (tertiary alicyclic amines) is 1. The van der Waals surface area contributed by atoms with Crippen molar-refractivity contribution in [1.29, 1.82) is 0 Å². The highest BCUT2D eigenvalue weighted by molar-refractivity contribution is 5.85. The second kappa shape index (κ2) is 7.88. The molecule has 1 saturated heterocycles. The molecule has 0 amide bonds. The van der Waals surface area contributed by atoms with Crippen LogP contribution in [0.2, 0.25) is 0 Å². The van der Waals surface area contributed by atoms with E-state index >= 15 is 0 Å². The van der Waals surface area contributed by atoms with Crippen LogP contribution < -0.4 is 5.73 Å². The Bertz CT molecular complexity index is 602. The van der Waals surface area contributed by atoms with Crippen molar-refractivity contribution in [3.05, 3.63) is 42.1 Å². The molecular formula is C17H24ClN3O. The van der Waals surface area contributed by atoms with Crippen molar-refractivity contribution < 1.29 is 4.74 Å². The van der Waals surface area contributed by atoms with Gasteiger partial charge in [-0.05, 0) is 24.5 Å². The monoisotopic (exact) mass is 321 g/mol. The van der Waals surface area contributed by atoms with Gasteiger partial charge >= 0.3 is 0 Å². The van der Waals surface area contributed by atoms with E-state index in [0.29, 0.717) is 18.7 Å². The molecule has 2 heterocycles. The molecule has 1 aliphatic heterocycles. The normalized spacial score (nSPS) is 22.5. The highest BCUT2D eigenvalue weighted by Crippen LogP contribution is 2.24. The van der Waals surface area contributed by atoms with E-state index in [-0.39, 0.29) is 12.4 Å². The number of rotatable bonds is 4. The molecule has 1 fully saturated rings. The standard InChI is InChI=1S/C17H23N3O.ClH/c1-21-16-7-9-20(15(10-16)11-18)12-14-5-2-4-13-6-3-8-19-17(13)14;/h2-6,8,15-16H,7,9-12,18H2,1H3;1H. The molecule has 2 atom stereocenters. The maximum Gasteiger partial charge on any atom is 0.0746 e. The van der Waals surface area contributed by atoms with Gasteiger partial charge in [-0.3, -0.25) is 9.88 Å². The van der Waals surface area contributed by atoms with Crippen molar-refractivity contribution in [3.8, 4) is 0 Å². The molecule has 1 aromatic carbocycles. The molecule has 1 aliphatic rings. The van der Waals surface area contributed by atoms with Crippen LogP contribution in [-0.2, 0) is 11.3 Å². The number of halogens is 1. The molecular weight excluding hydrogens is 298 g/mol. The molecule has 22 heavy (non-hydrogen) atoms. The Balaban J connectivity index is 0.00000176. The zero-order chi connectivity index (χ0) is 14.7. The van der Waals surface area contributed by atoms with E-state index in [4.69, 9.17) is 10.5 Å². The van der Waals surface area contributed by atoms with E-state index in [1.54, 1.807) is 7.11 Å². The summed E-state index contributed by atoms with van der Waals surface area (Å²) in [5.74, 6) is 0. The minimum atomic E-state index is 0. The quantitative estimate of drug-likeness (QED) is 0.940. The lowest BCUT2D eigenvalue weighted by Gasteiger charge is -2.38. The van der Waals surface area contributed by atoms with Gasteiger partial charge in [-0.2, -0.15) is 0 Å². The van der Waals surface area contributed by atoms with Gasteiger partial charge < -0.3 is 10.5 Å². The van der Waals surface area contributed by atoms with Gasteiger partial charge in [0, 0.05) is 44.4 Å². The first-order valence-corrected chi connectivity index (χ1v) is 7.61. The summed E-state index contributed by atoms with van der Waals surface area (Å²) >= 11 is 0. The molecule has 2 unspecified atom stereocenters. The second-order valence-electron chi connectivity index (χ2n) is 5.73. The van der Waals surface area contributed by atoms with Crippen molar-refractivity contribution >= 4 is 23.3 Å². The number of hydrogen-bond acceptors (Lipinski definition) is 4. The molecule has 3 rings (SSSR count). The molecule has 120 valence electrons. The van der Waals surface area contributed by atoms with Crippen molar-refractivity contribution in [1.82, 2.24) is 9.88 Å². The van der Waals surface area contributed by atoms with Crippen LogP contribution >= 0.6 is 12.4 Å². The van der Waals surface area contributed by atoms with Gasteiger partial charge in [0.15, 0.2) is 0 Å². The van der Waals surface area contributed by atoms with Gasteiger partial charge in [0.2, 0.25) is 0 Å². The fraction of sp³-hybridized carbons (Fsp3) is 0.471. The summed E-state index contributed by atoms with van der Waals surface area (Å²) in [6, 6.07) is 10.9. The number of nitrogens with zero attached hydrogens (tertiary/aromatic N) is 2. The molecule has 0 radical (unpaired) electrons. The lowest BCUT2D eigenvalue weighted by Crippen LogP contribution is -2.48. The summed E-state index contributed by atoms with van der Waals surface area (Å²) in [7, 11) is 1.79. The molecule has 0 bridgehead atoms. The van der Waals surface area contributed by atoms with Crippen molar-refractivity contribution in [2.45, 2.75) is 31.5 Å².